The van der Waals surface area contributed by atoms with Gasteiger partial charge in [0.05, 0.1) is 18.8 Å². The van der Waals surface area contributed by atoms with Gasteiger partial charge >= 0.3 is 0 Å². The summed E-state index contributed by atoms with van der Waals surface area (Å²) >= 11 is 0. The molecular weight excluding hydrogens is 226 g/mol. The summed E-state index contributed by atoms with van der Waals surface area (Å²) in [4.78, 5) is 4.41. The number of ether oxygens (including phenoxy) is 1. The first kappa shape index (κ1) is 11.3. The third-order valence-corrected chi connectivity index (χ3v) is 3.36. The van der Waals surface area contributed by atoms with Gasteiger partial charge in [0.2, 0.25) is 0 Å². The maximum absolute atomic E-state index is 5.24. The summed E-state index contributed by atoms with van der Waals surface area (Å²) in [5, 5.41) is 8.05. The number of nitrogens with zero attached hydrogens (tertiary/aromatic N) is 1. The maximum Gasteiger partial charge on any atom is 0.137 e. The van der Waals surface area contributed by atoms with E-state index in [4.69, 9.17) is 4.74 Å². The van der Waals surface area contributed by atoms with E-state index in [0.29, 0.717) is 6.04 Å². The Bertz CT molecular complexity index is 550. The SMILES string of the molecule is COc1cnc2cccc(NC3CCNC3)c2c1. The highest BCUT2D eigenvalue weighted by Gasteiger charge is 2.15. The van der Waals surface area contributed by atoms with Crippen molar-refractivity contribution in [3.63, 3.8) is 0 Å². The van der Waals surface area contributed by atoms with Crippen LogP contribution < -0.4 is 15.4 Å². The van der Waals surface area contributed by atoms with Crippen molar-refractivity contribution in [3.05, 3.63) is 30.5 Å². The van der Waals surface area contributed by atoms with Crippen LogP contribution in [0.1, 0.15) is 6.42 Å². The van der Waals surface area contributed by atoms with Gasteiger partial charge in [-0.25, -0.2) is 0 Å². The van der Waals surface area contributed by atoms with Gasteiger partial charge < -0.3 is 15.4 Å². The van der Waals surface area contributed by atoms with Crippen molar-refractivity contribution in [3.8, 4) is 5.75 Å². The van der Waals surface area contributed by atoms with Crippen LogP contribution in [0.2, 0.25) is 0 Å². The molecule has 94 valence electrons. The first-order valence-corrected chi connectivity index (χ1v) is 6.27. The Morgan fingerprint density at radius 2 is 2.39 bits per heavy atom. The van der Waals surface area contributed by atoms with Crippen LogP contribution in [0.3, 0.4) is 0 Å². The second-order valence-corrected chi connectivity index (χ2v) is 4.58. The molecule has 0 amide bonds. The molecular formula is C14H17N3O. The number of hydrogen-bond donors (Lipinski definition) is 2. The van der Waals surface area contributed by atoms with Crippen LogP contribution in [0.15, 0.2) is 30.5 Å². The fourth-order valence-corrected chi connectivity index (χ4v) is 2.37. The van der Waals surface area contributed by atoms with Crippen molar-refractivity contribution in [1.29, 1.82) is 0 Å². The van der Waals surface area contributed by atoms with Crippen LogP contribution in [0, 0.1) is 0 Å². The van der Waals surface area contributed by atoms with E-state index in [2.05, 4.69) is 21.7 Å². The first-order chi connectivity index (χ1) is 8.86. The molecule has 3 rings (SSSR count). The third-order valence-electron chi connectivity index (χ3n) is 3.36. The molecule has 0 aliphatic carbocycles. The number of pyridine rings is 1. The molecule has 2 N–H and O–H groups in total. The number of hydrogen-bond acceptors (Lipinski definition) is 4. The average Bonchev–Trinajstić information content (AvgIpc) is 2.91. The molecule has 1 aromatic carbocycles. The summed E-state index contributed by atoms with van der Waals surface area (Å²) in [5.74, 6) is 0.793. The van der Waals surface area contributed by atoms with Gasteiger partial charge in [0.25, 0.3) is 0 Å². The molecule has 2 aromatic rings. The Labute approximate surface area is 106 Å². The molecule has 1 aromatic heterocycles. The maximum atomic E-state index is 5.24. The van der Waals surface area contributed by atoms with Crippen LogP contribution >= 0.6 is 0 Å². The van der Waals surface area contributed by atoms with Gasteiger partial charge in [0.1, 0.15) is 5.75 Å². The topological polar surface area (TPSA) is 46.2 Å². The number of benzene rings is 1. The lowest BCUT2D eigenvalue weighted by molar-refractivity contribution is 0.414. The van der Waals surface area contributed by atoms with E-state index in [9.17, 15) is 0 Å². The van der Waals surface area contributed by atoms with E-state index >= 15 is 0 Å². The highest BCUT2D eigenvalue weighted by molar-refractivity contribution is 5.92. The van der Waals surface area contributed by atoms with Crippen molar-refractivity contribution >= 4 is 16.6 Å². The quantitative estimate of drug-likeness (QED) is 0.865. The molecule has 1 fully saturated rings. The zero-order valence-electron chi connectivity index (χ0n) is 10.4. The lowest BCUT2D eigenvalue weighted by Gasteiger charge is -2.15. The fourth-order valence-electron chi connectivity index (χ4n) is 2.37. The molecule has 1 aliphatic heterocycles. The van der Waals surface area contributed by atoms with E-state index < -0.39 is 0 Å². The fraction of sp³-hybridized carbons (Fsp3) is 0.357. The summed E-state index contributed by atoms with van der Waals surface area (Å²) in [6.07, 6.45) is 2.91. The Kier molecular flexibility index (Phi) is 3.02. The molecule has 0 radical (unpaired) electrons. The van der Waals surface area contributed by atoms with Gasteiger partial charge in [-0.2, -0.15) is 0 Å². The van der Waals surface area contributed by atoms with E-state index in [1.165, 1.54) is 0 Å². The van der Waals surface area contributed by atoms with Gasteiger partial charge in [0, 0.05) is 23.7 Å². The molecule has 0 bridgehead atoms. The minimum absolute atomic E-state index is 0.502. The monoisotopic (exact) mass is 243 g/mol. The predicted molar refractivity (Wildman–Crippen MR) is 73.2 cm³/mol. The molecule has 0 saturated carbocycles. The van der Waals surface area contributed by atoms with Crippen LogP contribution in [0.25, 0.3) is 10.9 Å². The smallest absolute Gasteiger partial charge is 0.137 e. The lowest BCUT2D eigenvalue weighted by Crippen LogP contribution is -2.22. The average molecular weight is 243 g/mol. The summed E-state index contributed by atoms with van der Waals surface area (Å²) < 4.78 is 5.24. The van der Waals surface area contributed by atoms with Crippen LogP contribution in [0.4, 0.5) is 5.69 Å². The highest BCUT2D eigenvalue weighted by Crippen LogP contribution is 2.26. The largest absolute Gasteiger partial charge is 0.495 e. The second kappa shape index (κ2) is 4.82. The van der Waals surface area contributed by atoms with Crippen molar-refractivity contribution in [2.45, 2.75) is 12.5 Å². The first-order valence-electron chi connectivity index (χ1n) is 6.27. The van der Waals surface area contributed by atoms with Crippen LogP contribution in [-0.4, -0.2) is 31.2 Å². The highest BCUT2D eigenvalue weighted by atomic mass is 16.5. The minimum atomic E-state index is 0.502. The Morgan fingerprint density at radius 1 is 1.44 bits per heavy atom. The minimum Gasteiger partial charge on any atom is -0.495 e. The summed E-state index contributed by atoms with van der Waals surface area (Å²) in [6, 6.07) is 8.69. The summed E-state index contributed by atoms with van der Waals surface area (Å²) in [7, 11) is 1.67. The zero-order chi connectivity index (χ0) is 12.4. The van der Waals surface area contributed by atoms with Gasteiger partial charge in [-0.3, -0.25) is 4.98 Å². The third kappa shape index (κ3) is 2.11. The van der Waals surface area contributed by atoms with Gasteiger partial charge in [-0.1, -0.05) is 6.07 Å². The normalized spacial score (nSPS) is 19.1. The summed E-state index contributed by atoms with van der Waals surface area (Å²) in [6.45, 7) is 2.11. The van der Waals surface area contributed by atoms with Crippen LogP contribution in [0.5, 0.6) is 5.75 Å². The number of anilines is 1. The molecule has 0 spiro atoms. The molecule has 4 heteroatoms. The Balaban J connectivity index is 1.98. The molecule has 18 heavy (non-hydrogen) atoms. The van der Waals surface area contributed by atoms with Gasteiger partial charge in [0.15, 0.2) is 0 Å². The van der Waals surface area contributed by atoms with E-state index in [1.54, 1.807) is 13.3 Å². The Morgan fingerprint density at radius 3 is 3.17 bits per heavy atom. The van der Waals surface area contributed by atoms with Crippen molar-refractivity contribution in [2.24, 2.45) is 0 Å². The van der Waals surface area contributed by atoms with E-state index in [1.807, 2.05) is 18.2 Å². The molecule has 2 heterocycles. The standard InChI is InChI=1S/C14H17N3O/c1-18-11-7-12-13(16-9-11)3-2-4-14(12)17-10-5-6-15-8-10/h2-4,7,9-10,15,17H,5-6,8H2,1H3. The number of aromatic nitrogens is 1. The molecule has 1 saturated heterocycles. The number of rotatable bonds is 3. The predicted octanol–water partition coefficient (Wildman–Crippen LogP) is 2.02. The number of methoxy groups -OCH3 is 1. The van der Waals surface area contributed by atoms with Gasteiger partial charge in [-0.05, 0) is 31.2 Å². The summed E-state index contributed by atoms with van der Waals surface area (Å²) in [5.41, 5.74) is 2.12. The molecule has 4 nitrogen and oxygen atoms in total. The Hall–Kier alpha value is -1.81. The zero-order valence-corrected chi connectivity index (χ0v) is 10.4. The molecule has 1 aliphatic rings. The van der Waals surface area contributed by atoms with Crippen molar-refractivity contribution < 1.29 is 4.74 Å². The number of fused-ring (bicyclic) bond motifs is 1. The molecule has 1 unspecified atom stereocenters. The lowest BCUT2D eigenvalue weighted by atomic mass is 10.1. The van der Waals surface area contributed by atoms with E-state index in [-0.39, 0.29) is 0 Å². The van der Waals surface area contributed by atoms with Gasteiger partial charge in [-0.15, -0.1) is 0 Å². The second-order valence-electron chi connectivity index (χ2n) is 4.58. The van der Waals surface area contributed by atoms with Crippen LogP contribution in [-0.2, 0) is 0 Å². The molecule has 1 atom stereocenters. The number of nitrogens with one attached hydrogen (secondary N) is 2. The van der Waals surface area contributed by atoms with Crippen molar-refractivity contribution in [2.75, 3.05) is 25.5 Å². The van der Waals surface area contributed by atoms with Crippen molar-refractivity contribution in [1.82, 2.24) is 10.3 Å². The van der Waals surface area contributed by atoms with E-state index in [0.717, 1.165) is 41.9 Å².